The predicted molar refractivity (Wildman–Crippen MR) is 72.2 cm³/mol. The van der Waals surface area contributed by atoms with E-state index < -0.39 is 0 Å². The molecular formula is C16H18O2. The minimum Gasteiger partial charge on any atom is -0.466 e. The maximum Gasteiger partial charge on any atom is 0.333 e. The Morgan fingerprint density at radius 2 is 2.00 bits per heavy atom. The van der Waals surface area contributed by atoms with Gasteiger partial charge < -0.3 is 4.74 Å². The molecule has 0 bridgehead atoms. The van der Waals surface area contributed by atoms with Gasteiger partial charge in [-0.25, -0.2) is 4.79 Å². The third kappa shape index (κ3) is 2.70. The van der Waals surface area contributed by atoms with Crippen LogP contribution in [0, 0.1) is 5.92 Å². The molecule has 1 aromatic rings. The van der Waals surface area contributed by atoms with Gasteiger partial charge >= 0.3 is 5.97 Å². The number of carbonyl (C=O) groups is 1. The van der Waals surface area contributed by atoms with Crippen LogP contribution in [0.15, 0.2) is 54.1 Å². The van der Waals surface area contributed by atoms with Gasteiger partial charge in [-0.05, 0) is 17.9 Å². The Bertz CT molecular complexity index is 471. The van der Waals surface area contributed by atoms with Crippen molar-refractivity contribution in [3.63, 3.8) is 0 Å². The molecule has 0 aromatic heterocycles. The molecule has 2 atom stereocenters. The van der Waals surface area contributed by atoms with Crippen molar-refractivity contribution in [2.75, 3.05) is 7.11 Å². The second kappa shape index (κ2) is 5.67. The summed E-state index contributed by atoms with van der Waals surface area (Å²) in [6.45, 7) is 2.17. The molecule has 1 aliphatic rings. The van der Waals surface area contributed by atoms with Crippen molar-refractivity contribution in [1.29, 1.82) is 0 Å². The first-order chi connectivity index (χ1) is 8.72. The first-order valence-electron chi connectivity index (χ1n) is 6.23. The molecule has 0 aliphatic heterocycles. The Kier molecular flexibility index (Phi) is 3.98. The van der Waals surface area contributed by atoms with Crippen LogP contribution < -0.4 is 0 Å². The van der Waals surface area contributed by atoms with Gasteiger partial charge in [0.2, 0.25) is 0 Å². The summed E-state index contributed by atoms with van der Waals surface area (Å²) in [4.78, 5) is 11.7. The van der Waals surface area contributed by atoms with E-state index >= 15 is 0 Å². The molecule has 1 aromatic carbocycles. The van der Waals surface area contributed by atoms with E-state index in [4.69, 9.17) is 4.74 Å². The highest BCUT2D eigenvalue weighted by atomic mass is 16.5. The van der Waals surface area contributed by atoms with Crippen LogP contribution in [0.1, 0.15) is 24.8 Å². The Morgan fingerprint density at radius 3 is 2.67 bits per heavy atom. The molecule has 0 N–H and O–H groups in total. The van der Waals surface area contributed by atoms with E-state index in [0.29, 0.717) is 12.3 Å². The highest BCUT2D eigenvalue weighted by Gasteiger charge is 2.20. The number of ether oxygens (including phenoxy) is 1. The maximum atomic E-state index is 11.7. The molecule has 0 heterocycles. The van der Waals surface area contributed by atoms with Crippen LogP contribution in [-0.2, 0) is 9.53 Å². The van der Waals surface area contributed by atoms with E-state index in [-0.39, 0.29) is 11.9 Å². The molecule has 1 aliphatic carbocycles. The van der Waals surface area contributed by atoms with Crippen molar-refractivity contribution in [2.45, 2.75) is 19.3 Å². The molecule has 18 heavy (non-hydrogen) atoms. The summed E-state index contributed by atoms with van der Waals surface area (Å²) in [5.41, 5.74) is 1.98. The van der Waals surface area contributed by atoms with E-state index in [1.54, 1.807) is 0 Å². The summed E-state index contributed by atoms with van der Waals surface area (Å²) >= 11 is 0. The number of hydrogen-bond donors (Lipinski definition) is 0. The van der Waals surface area contributed by atoms with E-state index in [0.717, 1.165) is 5.57 Å². The molecule has 0 unspecified atom stereocenters. The Morgan fingerprint density at radius 1 is 1.28 bits per heavy atom. The van der Waals surface area contributed by atoms with Crippen LogP contribution in [0.25, 0.3) is 0 Å². The van der Waals surface area contributed by atoms with Gasteiger partial charge in [0.1, 0.15) is 0 Å². The van der Waals surface area contributed by atoms with E-state index in [2.05, 4.69) is 31.2 Å². The highest BCUT2D eigenvalue weighted by Crippen LogP contribution is 2.31. The lowest BCUT2D eigenvalue weighted by atomic mass is 9.87. The minimum atomic E-state index is -0.227. The Balaban J connectivity index is 2.36. The van der Waals surface area contributed by atoms with Crippen molar-refractivity contribution >= 4 is 5.97 Å². The summed E-state index contributed by atoms with van der Waals surface area (Å²) in [7, 11) is 1.43. The van der Waals surface area contributed by atoms with Crippen molar-refractivity contribution in [1.82, 2.24) is 0 Å². The second-order valence-electron chi connectivity index (χ2n) is 4.61. The normalized spacial score (nSPS) is 23.1. The van der Waals surface area contributed by atoms with Gasteiger partial charge in [0.25, 0.3) is 0 Å². The fourth-order valence-electron chi connectivity index (χ4n) is 2.32. The molecule has 0 saturated heterocycles. The first kappa shape index (κ1) is 12.6. The molecule has 0 radical (unpaired) electrons. The first-order valence-corrected chi connectivity index (χ1v) is 6.23. The molecule has 94 valence electrons. The van der Waals surface area contributed by atoms with Gasteiger partial charge in [0.15, 0.2) is 0 Å². The molecule has 0 saturated carbocycles. The van der Waals surface area contributed by atoms with Crippen molar-refractivity contribution in [2.24, 2.45) is 5.92 Å². The third-order valence-electron chi connectivity index (χ3n) is 3.36. The SMILES string of the molecule is COC(=O)C1=C[C@@H](c2ccccc2)[C@@H](C)C=CC1. The molecule has 0 fully saturated rings. The number of rotatable bonds is 2. The number of allylic oxidation sites excluding steroid dienone is 3. The Labute approximate surface area is 108 Å². The highest BCUT2D eigenvalue weighted by molar-refractivity contribution is 5.89. The van der Waals surface area contributed by atoms with Crippen LogP contribution in [0.3, 0.4) is 0 Å². The molecule has 2 heteroatoms. The van der Waals surface area contributed by atoms with Gasteiger partial charge in [-0.1, -0.05) is 55.5 Å². The fraction of sp³-hybridized carbons (Fsp3) is 0.312. The zero-order chi connectivity index (χ0) is 13.0. The maximum absolute atomic E-state index is 11.7. The molecule has 2 rings (SSSR count). The average molecular weight is 242 g/mol. The summed E-state index contributed by atoms with van der Waals surface area (Å²) in [5, 5.41) is 0. The lowest BCUT2D eigenvalue weighted by Gasteiger charge is -2.18. The zero-order valence-corrected chi connectivity index (χ0v) is 10.8. The quantitative estimate of drug-likeness (QED) is 0.586. The minimum absolute atomic E-state index is 0.227. The summed E-state index contributed by atoms with van der Waals surface area (Å²) in [5.74, 6) is 0.392. The summed E-state index contributed by atoms with van der Waals surface area (Å²) in [6.07, 6.45) is 6.92. The lowest BCUT2D eigenvalue weighted by Crippen LogP contribution is -2.08. The summed E-state index contributed by atoms with van der Waals surface area (Å²) in [6, 6.07) is 10.3. The van der Waals surface area contributed by atoms with Crippen LogP contribution in [0.5, 0.6) is 0 Å². The van der Waals surface area contributed by atoms with Crippen molar-refractivity contribution < 1.29 is 9.53 Å². The number of esters is 1. The standard InChI is InChI=1S/C16H18O2/c1-12-7-6-10-14(16(17)18-2)11-15(12)13-8-4-3-5-9-13/h3-9,11-12,15H,10H2,1-2H3/t12-,15+/m0/s1. The van der Waals surface area contributed by atoms with Crippen LogP contribution in [-0.4, -0.2) is 13.1 Å². The Hall–Kier alpha value is -1.83. The van der Waals surface area contributed by atoms with Crippen LogP contribution in [0.2, 0.25) is 0 Å². The topological polar surface area (TPSA) is 26.3 Å². The van der Waals surface area contributed by atoms with E-state index in [9.17, 15) is 4.79 Å². The largest absolute Gasteiger partial charge is 0.466 e. The van der Waals surface area contributed by atoms with E-state index in [1.807, 2.05) is 24.3 Å². The number of carbonyl (C=O) groups excluding carboxylic acids is 1. The summed E-state index contributed by atoms with van der Waals surface area (Å²) < 4.78 is 4.82. The number of hydrogen-bond acceptors (Lipinski definition) is 2. The lowest BCUT2D eigenvalue weighted by molar-refractivity contribution is -0.136. The monoisotopic (exact) mass is 242 g/mol. The van der Waals surface area contributed by atoms with Crippen LogP contribution >= 0.6 is 0 Å². The number of methoxy groups -OCH3 is 1. The molecule has 2 nitrogen and oxygen atoms in total. The second-order valence-corrected chi connectivity index (χ2v) is 4.61. The smallest absolute Gasteiger partial charge is 0.333 e. The fourth-order valence-corrected chi connectivity index (χ4v) is 2.32. The van der Waals surface area contributed by atoms with Gasteiger partial charge in [-0.3, -0.25) is 0 Å². The molecule has 0 amide bonds. The average Bonchev–Trinajstić information content (AvgIpc) is 2.61. The number of benzene rings is 1. The molecule has 0 spiro atoms. The van der Waals surface area contributed by atoms with Crippen LogP contribution in [0.4, 0.5) is 0 Å². The zero-order valence-electron chi connectivity index (χ0n) is 10.8. The van der Waals surface area contributed by atoms with Gasteiger partial charge in [0.05, 0.1) is 7.11 Å². The molecular weight excluding hydrogens is 224 g/mol. The van der Waals surface area contributed by atoms with Gasteiger partial charge in [-0.2, -0.15) is 0 Å². The van der Waals surface area contributed by atoms with Gasteiger partial charge in [-0.15, -0.1) is 0 Å². The van der Waals surface area contributed by atoms with E-state index in [1.165, 1.54) is 12.7 Å². The predicted octanol–water partition coefficient (Wildman–Crippen LogP) is 3.47. The van der Waals surface area contributed by atoms with Crippen molar-refractivity contribution in [3.05, 3.63) is 59.7 Å². The van der Waals surface area contributed by atoms with Crippen molar-refractivity contribution in [3.8, 4) is 0 Å². The van der Waals surface area contributed by atoms with Gasteiger partial charge in [0, 0.05) is 11.5 Å². The third-order valence-corrected chi connectivity index (χ3v) is 3.36.